The molecule has 0 saturated carbocycles. The number of rotatable bonds is 4. The summed E-state index contributed by atoms with van der Waals surface area (Å²) in [6.45, 7) is 7.91. The van der Waals surface area contributed by atoms with Gasteiger partial charge in [-0.15, -0.1) is 3.96 Å². The fraction of sp³-hybridized carbons (Fsp3) is 0.300. The van der Waals surface area contributed by atoms with Gasteiger partial charge in [0.15, 0.2) is 0 Å². The Morgan fingerprint density at radius 2 is 1.62 bits per heavy atom. The van der Waals surface area contributed by atoms with Crippen LogP contribution >= 0.6 is 10.7 Å². The van der Waals surface area contributed by atoms with Crippen molar-refractivity contribution in [1.29, 1.82) is 0 Å². The molecule has 2 aromatic carbocycles. The number of carbonyl (C=O) groups is 1. The Morgan fingerprint density at radius 3 is 2.27 bits per heavy atom. The van der Waals surface area contributed by atoms with Gasteiger partial charge < -0.3 is 17.7 Å². The molecule has 0 aliphatic carbocycles. The maximum Gasteiger partial charge on any atom is 0.304 e. The van der Waals surface area contributed by atoms with Gasteiger partial charge in [0.2, 0.25) is 9.60 Å². The highest BCUT2D eigenvalue weighted by Gasteiger charge is 2.31. The smallest absolute Gasteiger partial charge is 0.304 e. The summed E-state index contributed by atoms with van der Waals surface area (Å²) in [6, 6.07) is 15.4. The predicted octanol–water partition coefficient (Wildman–Crippen LogP) is 1.46. The number of aromatic nitrogens is 1. The molecular weight excluding hydrogens is 368 g/mol. The number of hydrogen-bond donors (Lipinski definition) is 1. The van der Waals surface area contributed by atoms with Gasteiger partial charge in [-0.25, -0.2) is 0 Å². The van der Waals surface area contributed by atoms with E-state index in [4.69, 9.17) is 0 Å². The Kier molecular flexibility index (Phi) is 6.26. The van der Waals surface area contributed by atoms with E-state index in [0.717, 1.165) is 15.0 Å². The van der Waals surface area contributed by atoms with Crippen LogP contribution in [0.15, 0.2) is 53.3 Å². The van der Waals surface area contributed by atoms with E-state index in [-0.39, 0.29) is 36.0 Å². The number of amides is 1. The van der Waals surface area contributed by atoms with E-state index < -0.39 is 10.7 Å². The number of hydrogen-bond acceptors (Lipinski definition) is 2. The molecule has 0 aliphatic heterocycles. The zero-order valence-corrected chi connectivity index (χ0v) is 16.9. The molecule has 1 N–H and O–H groups in total. The van der Waals surface area contributed by atoms with Gasteiger partial charge in [0.05, 0.1) is 6.04 Å². The molecule has 0 aliphatic rings. The Morgan fingerprint density at radius 1 is 1.00 bits per heavy atom. The fourth-order valence-electron chi connectivity index (χ4n) is 2.95. The zero-order chi connectivity index (χ0) is 18.1. The van der Waals surface area contributed by atoms with E-state index in [1.165, 1.54) is 0 Å². The van der Waals surface area contributed by atoms with Crippen molar-refractivity contribution in [3.8, 4) is 4.90 Å². The highest BCUT2D eigenvalue weighted by atomic mass is 35.5. The van der Waals surface area contributed by atoms with E-state index in [0.29, 0.717) is 5.56 Å². The molecule has 1 heterocycles. The molecule has 3 aromatic rings. The summed E-state index contributed by atoms with van der Waals surface area (Å²) in [5.41, 5.74) is 0.669. The molecule has 0 radical (unpaired) electrons. The third-order valence-electron chi connectivity index (χ3n) is 3.95. The quantitative estimate of drug-likeness (QED) is 0.686. The molecule has 0 saturated heterocycles. The van der Waals surface area contributed by atoms with Gasteiger partial charge in [0.1, 0.15) is 21.6 Å². The summed E-state index contributed by atoms with van der Waals surface area (Å²) >= 11 is 0. The van der Waals surface area contributed by atoms with Crippen molar-refractivity contribution in [2.45, 2.75) is 39.8 Å². The third-order valence-corrected chi connectivity index (χ3v) is 6.48. The second-order valence-electron chi connectivity index (χ2n) is 6.63. The van der Waals surface area contributed by atoms with Gasteiger partial charge in [-0.3, -0.25) is 9.59 Å². The van der Waals surface area contributed by atoms with Crippen LogP contribution in [0, 0.1) is 0 Å². The summed E-state index contributed by atoms with van der Waals surface area (Å²) in [5, 5.41) is 3.70. The van der Waals surface area contributed by atoms with Crippen LogP contribution in [-0.4, -0.2) is 15.9 Å². The maximum absolute atomic E-state index is 12.9. The Balaban J connectivity index is 0.00000243. The summed E-state index contributed by atoms with van der Waals surface area (Å²) in [7, 11) is -0.588. The molecular formula is C20H23ClN2O2S. The molecule has 0 fully saturated rings. The van der Waals surface area contributed by atoms with E-state index in [9.17, 15) is 9.59 Å². The van der Waals surface area contributed by atoms with Gasteiger partial charge in [-0.2, -0.15) is 0 Å². The van der Waals surface area contributed by atoms with Crippen molar-refractivity contribution in [1.82, 2.24) is 9.27 Å². The van der Waals surface area contributed by atoms with Crippen LogP contribution in [0.1, 0.15) is 44.1 Å². The molecule has 1 aromatic heterocycles. The predicted molar refractivity (Wildman–Crippen MR) is 105 cm³/mol. The maximum atomic E-state index is 12.9. The molecule has 0 bridgehead atoms. The van der Waals surface area contributed by atoms with E-state index in [2.05, 4.69) is 5.32 Å². The number of nitrogens with zero attached hydrogens (tertiary/aromatic N) is 1. The Bertz CT molecular complexity index is 989. The van der Waals surface area contributed by atoms with E-state index in [1.807, 2.05) is 80.2 Å². The Hall–Kier alpha value is -2.11. The molecule has 1 unspecified atom stereocenters. The molecule has 4 nitrogen and oxygen atoms in total. The van der Waals surface area contributed by atoms with Gasteiger partial charge in [-0.05, 0) is 39.8 Å². The molecule has 3 rings (SSSR count). The highest BCUT2D eigenvalue weighted by Crippen LogP contribution is 2.41. The van der Waals surface area contributed by atoms with Crippen molar-refractivity contribution in [2.75, 3.05) is 0 Å². The molecule has 1 amide bonds. The minimum absolute atomic E-state index is 0. The Labute approximate surface area is 162 Å². The third kappa shape index (κ3) is 3.55. The van der Waals surface area contributed by atoms with Crippen LogP contribution in [0.2, 0.25) is 0 Å². The molecule has 26 heavy (non-hydrogen) atoms. The normalized spacial score (nSPS) is 11.7. The number of benzene rings is 2. The van der Waals surface area contributed by atoms with Gasteiger partial charge in [0, 0.05) is 18.2 Å². The molecule has 6 heteroatoms. The van der Waals surface area contributed by atoms with Gasteiger partial charge in [-0.1, -0.05) is 24.3 Å². The molecule has 0 spiro atoms. The average molecular weight is 391 g/mol. The van der Waals surface area contributed by atoms with Crippen LogP contribution in [0.5, 0.6) is 0 Å². The first-order valence-electron chi connectivity index (χ1n) is 8.48. The van der Waals surface area contributed by atoms with Crippen molar-refractivity contribution >= 4 is 26.7 Å². The number of nitrogens with one attached hydrogen (secondary N) is 1. The fourth-order valence-corrected chi connectivity index (χ4v) is 5.45. The second-order valence-corrected chi connectivity index (χ2v) is 8.47. The van der Waals surface area contributed by atoms with Crippen molar-refractivity contribution in [2.24, 2.45) is 0 Å². The van der Waals surface area contributed by atoms with E-state index >= 15 is 0 Å². The first-order chi connectivity index (χ1) is 11.9. The minimum atomic E-state index is -0.588. The van der Waals surface area contributed by atoms with Crippen LogP contribution < -0.4 is 23.3 Å². The SMILES string of the molecule is CC(C)NC(=O)c1ccccc1-[s+]1c2ccccc2c(=O)n1C(C)C.[Cl-]. The lowest BCUT2D eigenvalue weighted by atomic mass is 10.2. The second kappa shape index (κ2) is 8.06. The lowest BCUT2D eigenvalue weighted by Crippen LogP contribution is -3.00. The topological polar surface area (TPSA) is 51.1 Å². The van der Waals surface area contributed by atoms with Crippen LogP contribution in [-0.2, 0) is 0 Å². The number of halogens is 1. The zero-order valence-electron chi connectivity index (χ0n) is 15.3. The van der Waals surface area contributed by atoms with Gasteiger partial charge >= 0.3 is 5.56 Å². The minimum Gasteiger partial charge on any atom is -1.00 e. The first-order valence-corrected chi connectivity index (χ1v) is 9.67. The lowest BCUT2D eigenvalue weighted by Gasteiger charge is -2.10. The van der Waals surface area contributed by atoms with Crippen LogP contribution in [0.3, 0.4) is 0 Å². The summed E-state index contributed by atoms with van der Waals surface area (Å²) < 4.78 is 2.89. The monoisotopic (exact) mass is 390 g/mol. The van der Waals surface area contributed by atoms with Crippen molar-refractivity contribution in [3.05, 3.63) is 64.4 Å². The molecule has 1 atom stereocenters. The van der Waals surface area contributed by atoms with Gasteiger partial charge in [0.25, 0.3) is 5.91 Å². The van der Waals surface area contributed by atoms with Crippen molar-refractivity contribution in [3.63, 3.8) is 0 Å². The first kappa shape index (κ1) is 20.2. The number of fused-ring (bicyclic) bond motifs is 1. The summed E-state index contributed by atoms with van der Waals surface area (Å²) in [4.78, 5) is 26.5. The summed E-state index contributed by atoms with van der Waals surface area (Å²) in [6.07, 6.45) is 0. The van der Waals surface area contributed by atoms with Crippen LogP contribution in [0.4, 0.5) is 0 Å². The average Bonchev–Trinajstić information content (AvgIpc) is 2.87. The largest absolute Gasteiger partial charge is 1.00 e. The molecule has 138 valence electrons. The standard InChI is InChI=1S/C20H22N2O2S.ClH/c1-13(2)21-19(23)15-9-5-7-11-17(15)25-18-12-8-6-10-16(18)20(24)22(25)14(3)4;/h5-14H,1-4H3;1H. The van der Waals surface area contributed by atoms with Crippen LogP contribution in [0.25, 0.3) is 15.0 Å². The number of carbonyl (C=O) groups excluding carboxylic acids is 1. The lowest BCUT2D eigenvalue weighted by molar-refractivity contribution is -0.0000144. The highest BCUT2D eigenvalue weighted by molar-refractivity contribution is 7.41. The van der Waals surface area contributed by atoms with E-state index in [1.54, 1.807) is 0 Å². The van der Waals surface area contributed by atoms with Crippen molar-refractivity contribution < 1.29 is 17.2 Å². The summed E-state index contributed by atoms with van der Waals surface area (Å²) in [5.74, 6) is -0.0985.